The van der Waals surface area contributed by atoms with Crippen molar-refractivity contribution in [2.45, 2.75) is 11.8 Å². The van der Waals surface area contributed by atoms with Crippen LogP contribution in [0.25, 0.3) is 0 Å². The van der Waals surface area contributed by atoms with Crippen LogP contribution in [0, 0.1) is 17.2 Å². The van der Waals surface area contributed by atoms with Gasteiger partial charge in [-0.1, -0.05) is 30.3 Å². The lowest BCUT2D eigenvalue weighted by Gasteiger charge is -2.06. The Morgan fingerprint density at radius 1 is 1.46 bits per heavy atom. The Morgan fingerprint density at radius 3 is 2.62 bits per heavy atom. The minimum atomic E-state index is -0.275. The Hall–Kier alpha value is -1.00. The first kappa shape index (κ1) is 8.59. The van der Waals surface area contributed by atoms with Crippen molar-refractivity contribution in [2.75, 3.05) is 5.88 Å². The highest BCUT2D eigenvalue weighted by Crippen LogP contribution is 2.54. The van der Waals surface area contributed by atoms with E-state index in [1.54, 1.807) is 0 Å². The molecule has 1 aliphatic carbocycles. The quantitative estimate of drug-likeness (QED) is 0.660. The third-order valence-electron chi connectivity index (χ3n) is 2.78. The summed E-state index contributed by atoms with van der Waals surface area (Å²) in [7, 11) is 0. The van der Waals surface area contributed by atoms with Crippen molar-refractivity contribution in [3.05, 3.63) is 35.9 Å². The molecule has 0 amide bonds. The second-order valence-corrected chi connectivity index (χ2v) is 3.81. The van der Waals surface area contributed by atoms with E-state index in [1.165, 1.54) is 0 Å². The van der Waals surface area contributed by atoms with Gasteiger partial charge in [0.05, 0.1) is 11.5 Å². The maximum absolute atomic E-state index is 9.10. The van der Waals surface area contributed by atoms with E-state index in [9.17, 15) is 0 Å². The van der Waals surface area contributed by atoms with Gasteiger partial charge in [-0.15, -0.1) is 11.6 Å². The molecule has 1 fully saturated rings. The molecule has 0 N–H and O–H groups in total. The van der Waals surface area contributed by atoms with Gasteiger partial charge in [0.1, 0.15) is 0 Å². The SMILES string of the molecule is N#C[C@@]1(c2ccccc2)C[C@H]1CCl. The molecule has 1 aromatic rings. The molecule has 66 valence electrons. The van der Waals surface area contributed by atoms with Crippen molar-refractivity contribution in [1.82, 2.24) is 0 Å². The molecule has 0 unspecified atom stereocenters. The fourth-order valence-electron chi connectivity index (χ4n) is 1.81. The summed E-state index contributed by atoms with van der Waals surface area (Å²) in [5, 5.41) is 9.10. The van der Waals surface area contributed by atoms with Gasteiger partial charge in [-0.05, 0) is 17.9 Å². The minimum Gasteiger partial charge on any atom is -0.197 e. The van der Waals surface area contributed by atoms with Crippen molar-refractivity contribution in [2.24, 2.45) is 5.92 Å². The maximum atomic E-state index is 9.10. The number of alkyl halides is 1. The van der Waals surface area contributed by atoms with E-state index in [0.717, 1.165) is 12.0 Å². The van der Waals surface area contributed by atoms with E-state index in [2.05, 4.69) is 6.07 Å². The number of halogens is 1. The summed E-state index contributed by atoms with van der Waals surface area (Å²) in [4.78, 5) is 0. The van der Waals surface area contributed by atoms with Crippen LogP contribution in [0.4, 0.5) is 0 Å². The summed E-state index contributed by atoms with van der Waals surface area (Å²) in [6, 6.07) is 12.3. The molecular formula is C11H10ClN. The number of hydrogen-bond acceptors (Lipinski definition) is 1. The summed E-state index contributed by atoms with van der Waals surface area (Å²) in [5.74, 6) is 0.934. The predicted molar refractivity (Wildman–Crippen MR) is 52.6 cm³/mol. The zero-order valence-electron chi connectivity index (χ0n) is 7.20. The zero-order chi connectivity index (χ0) is 9.31. The van der Waals surface area contributed by atoms with Crippen LogP contribution in [0.3, 0.4) is 0 Å². The Kier molecular flexibility index (Phi) is 2.01. The molecule has 1 saturated carbocycles. The van der Waals surface area contributed by atoms with Gasteiger partial charge in [0.25, 0.3) is 0 Å². The zero-order valence-corrected chi connectivity index (χ0v) is 7.96. The lowest BCUT2D eigenvalue weighted by molar-refractivity contribution is 0.797. The summed E-state index contributed by atoms with van der Waals surface area (Å²) < 4.78 is 0. The van der Waals surface area contributed by atoms with Crippen LogP contribution in [0.15, 0.2) is 30.3 Å². The van der Waals surface area contributed by atoms with Crippen molar-refractivity contribution in [1.29, 1.82) is 5.26 Å². The normalized spacial score (nSPS) is 30.9. The molecule has 0 aromatic heterocycles. The van der Waals surface area contributed by atoms with Gasteiger partial charge < -0.3 is 0 Å². The number of rotatable bonds is 2. The number of nitriles is 1. The first-order chi connectivity index (χ1) is 6.33. The third-order valence-corrected chi connectivity index (χ3v) is 3.15. The predicted octanol–water partition coefficient (Wildman–Crippen LogP) is 2.71. The number of hydrogen-bond donors (Lipinski definition) is 0. The highest BCUT2D eigenvalue weighted by molar-refractivity contribution is 6.18. The van der Waals surface area contributed by atoms with Crippen LogP contribution in [0.1, 0.15) is 12.0 Å². The van der Waals surface area contributed by atoms with Gasteiger partial charge in [0.15, 0.2) is 0 Å². The van der Waals surface area contributed by atoms with Crippen molar-refractivity contribution >= 4 is 11.6 Å². The molecule has 0 aliphatic heterocycles. The third kappa shape index (κ3) is 1.22. The molecule has 0 heterocycles. The summed E-state index contributed by atoms with van der Waals surface area (Å²) >= 11 is 5.76. The lowest BCUT2D eigenvalue weighted by Crippen LogP contribution is -2.07. The molecule has 1 aliphatic rings. The fourth-order valence-corrected chi connectivity index (χ4v) is 2.18. The van der Waals surface area contributed by atoms with Crippen LogP contribution < -0.4 is 0 Å². The van der Waals surface area contributed by atoms with E-state index in [1.807, 2.05) is 30.3 Å². The molecule has 2 heteroatoms. The van der Waals surface area contributed by atoms with Crippen molar-refractivity contribution in [3.63, 3.8) is 0 Å². The van der Waals surface area contributed by atoms with Gasteiger partial charge in [-0.2, -0.15) is 5.26 Å². The van der Waals surface area contributed by atoms with Gasteiger partial charge in [-0.3, -0.25) is 0 Å². The molecule has 0 spiro atoms. The molecule has 1 nitrogen and oxygen atoms in total. The van der Waals surface area contributed by atoms with E-state index in [0.29, 0.717) is 11.8 Å². The maximum Gasteiger partial charge on any atom is 0.0866 e. The molecule has 2 rings (SSSR count). The van der Waals surface area contributed by atoms with Crippen LogP contribution in [0.2, 0.25) is 0 Å². The van der Waals surface area contributed by atoms with Crippen LogP contribution >= 0.6 is 11.6 Å². The Morgan fingerprint density at radius 2 is 2.15 bits per heavy atom. The van der Waals surface area contributed by atoms with Crippen LogP contribution in [0.5, 0.6) is 0 Å². The van der Waals surface area contributed by atoms with Gasteiger partial charge in [-0.25, -0.2) is 0 Å². The van der Waals surface area contributed by atoms with Gasteiger partial charge in [0, 0.05) is 5.88 Å². The molecular weight excluding hydrogens is 182 g/mol. The largest absolute Gasteiger partial charge is 0.197 e. The van der Waals surface area contributed by atoms with Crippen LogP contribution in [-0.4, -0.2) is 5.88 Å². The molecule has 0 radical (unpaired) electrons. The summed E-state index contributed by atoms with van der Waals surface area (Å²) in [6.45, 7) is 0. The molecule has 0 bridgehead atoms. The first-order valence-corrected chi connectivity index (χ1v) is 4.89. The van der Waals surface area contributed by atoms with Gasteiger partial charge >= 0.3 is 0 Å². The second kappa shape index (κ2) is 3.05. The highest BCUT2D eigenvalue weighted by atomic mass is 35.5. The topological polar surface area (TPSA) is 23.8 Å². The fraction of sp³-hybridized carbons (Fsp3) is 0.364. The molecule has 1 aromatic carbocycles. The average molecular weight is 192 g/mol. The Balaban J connectivity index is 2.32. The van der Waals surface area contributed by atoms with Crippen molar-refractivity contribution < 1.29 is 0 Å². The lowest BCUT2D eigenvalue weighted by atomic mass is 9.95. The van der Waals surface area contributed by atoms with E-state index < -0.39 is 0 Å². The second-order valence-electron chi connectivity index (χ2n) is 3.50. The van der Waals surface area contributed by atoms with Crippen LogP contribution in [-0.2, 0) is 5.41 Å². The Bertz CT molecular complexity index is 341. The van der Waals surface area contributed by atoms with E-state index >= 15 is 0 Å². The minimum absolute atomic E-state index is 0.275. The molecule has 13 heavy (non-hydrogen) atoms. The number of nitrogens with zero attached hydrogens (tertiary/aromatic N) is 1. The number of benzene rings is 1. The standard InChI is InChI=1S/C11H10ClN/c12-7-10-6-11(10,8-13)9-4-2-1-3-5-9/h1-5,10H,6-7H2/t10-,11+/m0/s1. The average Bonchev–Trinajstić information content (AvgIpc) is 2.94. The molecule has 2 atom stereocenters. The highest BCUT2D eigenvalue weighted by Gasteiger charge is 2.55. The van der Waals surface area contributed by atoms with Crippen molar-refractivity contribution in [3.8, 4) is 6.07 Å². The summed E-state index contributed by atoms with van der Waals surface area (Å²) in [5.41, 5.74) is 0.839. The van der Waals surface area contributed by atoms with E-state index in [4.69, 9.17) is 16.9 Å². The van der Waals surface area contributed by atoms with E-state index in [-0.39, 0.29) is 5.41 Å². The molecule has 0 saturated heterocycles. The smallest absolute Gasteiger partial charge is 0.0866 e. The first-order valence-electron chi connectivity index (χ1n) is 4.36. The monoisotopic (exact) mass is 191 g/mol. The van der Waals surface area contributed by atoms with Gasteiger partial charge in [0.2, 0.25) is 0 Å². The summed E-state index contributed by atoms with van der Waals surface area (Å²) in [6.07, 6.45) is 0.914. The Labute approximate surface area is 82.9 Å².